The van der Waals surface area contributed by atoms with Crippen molar-refractivity contribution in [2.24, 2.45) is 5.73 Å². The number of rotatable bonds is 6. The van der Waals surface area contributed by atoms with E-state index in [-0.39, 0.29) is 11.8 Å². The molecule has 20 heavy (non-hydrogen) atoms. The van der Waals surface area contributed by atoms with E-state index in [0.717, 1.165) is 13.0 Å². The topological polar surface area (TPSA) is 66.6 Å². The van der Waals surface area contributed by atoms with E-state index >= 15 is 0 Å². The second-order valence-corrected chi connectivity index (χ2v) is 5.23. The van der Waals surface area contributed by atoms with Gasteiger partial charge in [0.15, 0.2) is 0 Å². The minimum absolute atomic E-state index is 0.180. The lowest BCUT2D eigenvalue weighted by atomic mass is 10.1. The molecular weight excluding hydrogens is 254 g/mol. The van der Waals surface area contributed by atoms with Crippen molar-refractivity contribution in [2.75, 3.05) is 26.7 Å². The first kappa shape index (κ1) is 14.7. The van der Waals surface area contributed by atoms with Crippen molar-refractivity contribution >= 4 is 11.8 Å². The average Bonchev–Trinajstić information content (AvgIpc) is 2.71. The van der Waals surface area contributed by atoms with Crippen molar-refractivity contribution in [1.82, 2.24) is 9.80 Å². The van der Waals surface area contributed by atoms with Gasteiger partial charge in [-0.1, -0.05) is 12.1 Å². The highest BCUT2D eigenvalue weighted by molar-refractivity contribution is 6.21. The summed E-state index contributed by atoms with van der Waals surface area (Å²) in [5, 5.41) is 0. The second-order valence-electron chi connectivity index (χ2n) is 5.23. The highest BCUT2D eigenvalue weighted by Gasteiger charge is 2.34. The number of benzene rings is 1. The normalized spacial score (nSPS) is 15.9. The van der Waals surface area contributed by atoms with Gasteiger partial charge in [-0.3, -0.25) is 14.5 Å². The van der Waals surface area contributed by atoms with Crippen molar-refractivity contribution in [1.29, 1.82) is 0 Å². The molecule has 2 N–H and O–H groups in total. The van der Waals surface area contributed by atoms with Crippen LogP contribution in [0.2, 0.25) is 0 Å². The number of amides is 2. The Labute approximate surface area is 119 Å². The van der Waals surface area contributed by atoms with E-state index in [4.69, 9.17) is 5.73 Å². The van der Waals surface area contributed by atoms with Crippen molar-refractivity contribution in [3.05, 3.63) is 35.4 Å². The van der Waals surface area contributed by atoms with E-state index < -0.39 is 0 Å². The summed E-state index contributed by atoms with van der Waals surface area (Å²) < 4.78 is 0. The SMILES string of the molecule is CC(CN)N(C)CCCN1C(=O)c2ccccc2C1=O. The van der Waals surface area contributed by atoms with Crippen LogP contribution in [0.15, 0.2) is 24.3 Å². The molecule has 0 fully saturated rings. The van der Waals surface area contributed by atoms with Gasteiger partial charge >= 0.3 is 0 Å². The molecule has 1 aromatic carbocycles. The van der Waals surface area contributed by atoms with Gasteiger partial charge < -0.3 is 10.6 Å². The van der Waals surface area contributed by atoms with Gasteiger partial charge in [0.25, 0.3) is 11.8 Å². The van der Waals surface area contributed by atoms with Gasteiger partial charge in [0.05, 0.1) is 11.1 Å². The number of nitrogens with two attached hydrogens (primary N) is 1. The van der Waals surface area contributed by atoms with E-state index in [0.29, 0.717) is 30.3 Å². The summed E-state index contributed by atoms with van der Waals surface area (Å²) in [6.45, 7) is 3.92. The molecule has 1 atom stereocenters. The van der Waals surface area contributed by atoms with Gasteiger partial charge in [-0.2, -0.15) is 0 Å². The fourth-order valence-corrected chi connectivity index (χ4v) is 2.32. The molecule has 0 spiro atoms. The monoisotopic (exact) mass is 275 g/mol. The smallest absolute Gasteiger partial charge is 0.261 e. The first-order chi connectivity index (χ1) is 9.56. The third-order valence-electron chi connectivity index (χ3n) is 3.86. The molecule has 0 aromatic heterocycles. The van der Waals surface area contributed by atoms with Crippen LogP contribution in [0.4, 0.5) is 0 Å². The Morgan fingerprint density at radius 1 is 1.20 bits per heavy atom. The maximum absolute atomic E-state index is 12.1. The third kappa shape index (κ3) is 2.73. The summed E-state index contributed by atoms with van der Waals surface area (Å²) in [6.07, 6.45) is 0.756. The molecule has 0 saturated carbocycles. The maximum atomic E-state index is 12.1. The van der Waals surface area contributed by atoms with Crippen molar-refractivity contribution in [3.63, 3.8) is 0 Å². The molecule has 2 rings (SSSR count). The van der Waals surface area contributed by atoms with E-state index in [9.17, 15) is 9.59 Å². The summed E-state index contributed by atoms with van der Waals surface area (Å²) in [5.41, 5.74) is 6.64. The lowest BCUT2D eigenvalue weighted by Gasteiger charge is -2.24. The minimum Gasteiger partial charge on any atom is -0.329 e. The quantitative estimate of drug-likeness (QED) is 0.785. The predicted molar refractivity (Wildman–Crippen MR) is 77.6 cm³/mol. The van der Waals surface area contributed by atoms with Gasteiger partial charge in [-0.25, -0.2) is 0 Å². The number of fused-ring (bicyclic) bond motifs is 1. The van der Waals surface area contributed by atoms with Crippen LogP contribution in [0.1, 0.15) is 34.1 Å². The number of likely N-dealkylation sites (N-methyl/N-ethyl adjacent to an activating group) is 1. The van der Waals surface area contributed by atoms with Gasteiger partial charge in [-0.05, 0) is 39.1 Å². The summed E-state index contributed by atoms with van der Waals surface area (Å²) in [4.78, 5) is 27.8. The van der Waals surface area contributed by atoms with Crippen LogP contribution in [0.5, 0.6) is 0 Å². The molecule has 108 valence electrons. The van der Waals surface area contributed by atoms with Gasteiger partial charge in [0.2, 0.25) is 0 Å². The molecule has 0 bridgehead atoms. The second kappa shape index (κ2) is 6.15. The minimum atomic E-state index is -0.180. The average molecular weight is 275 g/mol. The zero-order valence-electron chi connectivity index (χ0n) is 12.0. The first-order valence-electron chi connectivity index (χ1n) is 6.91. The molecule has 5 nitrogen and oxygen atoms in total. The Balaban J connectivity index is 1.93. The van der Waals surface area contributed by atoms with Crippen LogP contribution in [0.3, 0.4) is 0 Å². The maximum Gasteiger partial charge on any atom is 0.261 e. The fourth-order valence-electron chi connectivity index (χ4n) is 2.32. The fraction of sp³-hybridized carbons (Fsp3) is 0.467. The number of carbonyl (C=O) groups is 2. The van der Waals surface area contributed by atoms with Crippen LogP contribution in [-0.4, -0.2) is 54.3 Å². The standard InChI is InChI=1S/C15H21N3O2/c1-11(10-16)17(2)8-5-9-18-14(19)12-6-3-4-7-13(12)15(18)20/h3-4,6-7,11H,5,8-10,16H2,1-2H3. The van der Waals surface area contributed by atoms with E-state index in [1.807, 2.05) is 7.05 Å². The summed E-state index contributed by atoms with van der Waals surface area (Å²) in [5.74, 6) is -0.361. The first-order valence-corrected chi connectivity index (χ1v) is 6.91. The lowest BCUT2D eigenvalue weighted by molar-refractivity contribution is 0.0647. The predicted octanol–water partition coefficient (Wildman–Crippen LogP) is 0.952. The molecule has 1 unspecified atom stereocenters. The number of nitrogens with zero attached hydrogens (tertiary/aromatic N) is 2. The van der Waals surface area contributed by atoms with Crippen molar-refractivity contribution in [3.8, 4) is 0 Å². The van der Waals surface area contributed by atoms with Crippen molar-refractivity contribution < 1.29 is 9.59 Å². The highest BCUT2D eigenvalue weighted by Crippen LogP contribution is 2.22. The van der Waals surface area contributed by atoms with Crippen LogP contribution in [0, 0.1) is 0 Å². The van der Waals surface area contributed by atoms with Gasteiger partial charge in [-0.15, -0.1) is 0 Å². The summed E-state index contributed by atoms with van der Waals surface area (Å²) in [6, 6.07) is 7.28. The van der Waals surface area contributed by atoms with E-state index in [1.54, 1.807) is 24.3 Å². The number of carbonyl (C=O) groups excluding carboxylic acids is 2. The van der Waals surface area contributed by atoms with Crippen LogP contribution in [0.25, 0.3) is 0 Å². The Hall–Kier alpha value is -1.72. The molecule has 1 aliphatic rings. The number of imide groups is 1. The summed E-state index contributed by atoms with van der Waals surface area (Å²) >= 11 is 0. The zero-order valence-corrected chi connectivity index (χ0v) is 12.0. The number of hydrogen-bond donors (Lipinski definition) is 1. The van der Waals surface area contributed by atoms with E-state index in [1.165, 1.54) is 4.90 Å². The molecule has 5 heteroatoms. The highest BCUT2D eigenvalue weighted by atomic mass is 16.2. The molecule has 0 saturated heterocycles. The number of hydrogen-bond acceptors (Lipinski definition) is 4. The molecule has 0 aliphatic carbocycles. The zero-order chi connectivity index (χ0) is 14.7. The van der Waals surface area contributed by atoms with Crippen LogP contribution in [-0.2, 0) is 0 Å². The molecular formula is C15H21N3O2. The Kier molecular flexibility index (Phi) is 4.52. The van der Waals surface area contributed by atoms with Crippen LogP contribution < -0.4 is 5.73 Å². The van der Waals surface area contributed by atoms with Gasteiger partial charge in [0, 0.05) is 19.1 Å². The molecule has 0 radical (unpaired) electrons. The molecule has 1 aromatic rings. The van der Waals surface area contributed by atoms with Crippen LogP contribution >= 0.6 is 0 Å². The Morgan fingerprint density at radius 2 is 1.75 bits per heavy atom. The third-order valence-corrected chi connectivity index (χ3v) is 3.86. The molecule has 1 heterocycles. The van der Waals surface area contributed by atoms with Gasteiger partial charge in [0.1, 0.15) is 0 Å². The van der Waals surface area contributed by atoms with E-state index in [2.05, 4.69) is 11.8 Å². The lowest BCUT2D eigenvalue weighted by Crippen LogP contribution is -2.38. The van der Waals surface area contributed by atoms with Crippen molar-refractivity contribution in [2.45, 2.75) is 19.4 Å². The Morgan fingerprint density at radius 3 is 2.25 bits per heavy atom. The molecule has 1 aliphatic heterocycles. The molecule has 2 amide bonds. The summed E-state index contributed by atoms with van der Waals surface area (Å²) in [7, 11) is 2.00. The Bertz CT molecular complexity index is 481. The largest absolute Gasteiger partial charge is 0.329 e.